The Hall–Kier alpha value is -0.700. The Morgan fingerprint density at radius 3 is 2.53 bits per heavy atom. The summed E-state index contributed by atoms with van der Waals surface area (Å²) in [5.74, 6) is -0.0994. The van der Waals surface area contributed by atoms with Crippen LogP contribution in [0, 0.1) is 12.7 Å². The van der Waals surface area contributed by atoms with Gasteiger partial charge in [-0.1, -0.05) is 15.9 Å². The summed E-state index contributed by atoms with van der Waals surface area (Å²) in [5, 5.41) is 0. The number of halogens is 2. The Morgan fingerprint density at radius 2 is 2.07 bits per heavy atom. The molecule has 0 radical (unpaired) electrons. The smallest absolute Gasteiger partial charge is 0.140 e. The van der Waals surface area contributed by atoms with Crippen molar-refractivity contribution >= 4 is 21.7 Å². The van der Waals surface area contributed by atoms with Crippen LogP contribution in [0.15, 0.2) is 16.6 Å². The van der Waals surface area contributed by atoms with Crippen LogP contribution in [-0.2, 0) is 10.2 Å². The van der Waals surface area contributed by atoms with Gasteiger partial charge in [0, 0.05) is 4.47 Å². The number of ketones is 1. The van der Waals surface area contributed by atoms with Crippen molar-refractivity contribution in [1.82, 2.24) is 0 Å². The lowest BCUT2D eigenvalue weighted by molar-refractivity contribution is -0.119. The van der Waals surface area contributed by atoms with Crippen LogP contribution in [-0.4, -0.2) is 5.78 Å². The quantitative estimate of drug-likeness (QED) is 0.804. The highest BCUT2D eigenvalue weighted by Crippen LogP contribution is 2.52. The molecule has 3 heteroatoms. The molecule has 15 heavy (non-hydrogen) atoms. The molecule has 0 saturated heterocycles. The fourth-order valence-electron chi connectivity index (χ4n) is 2.14. The molecule has 1 aliphatic rings. The molecule has 0 spiro atoms. The van der Waals surface area contributed by atoms with Gasteiger partial charge in [-0.2, -0.15) is 0 Å². The summed E-state index contributed by atoms with van der Waals surface area (Å²) < 4.78 is 14.3. The highest BCUT2D eigenvalue weighted by Gasteiger charge is 2.50. The van der Waals surface area contributed by atoms with Crippen LogP contribution in [0.4, 0.5) is 4.39 Å². The maximum Gasteiger partial charge on any atom is 0.140 e. The summed E-state index contributed by atoms with van der Waals surface area (Å²) >= 11 is 3.41. The highest BCUT2D eigenvalue weighted by atomic mass is 79.9. The zero-order chi connectivity index (χ0) is 11.2. The van der Waals surface area contributed by atoms with Crippen LogP contribution in [0.5, 0.6) is 0 Å². The van der Waals surface area contributed by atoms with E-state index in [-0.39, 0.29) is 11.6 Å². The van der Waals surface area contributed by atoms with Gasteiger partial charge in [-0.3, -0.25) is 4.79 Å². The SMILES string of the molecule is CC(=O)C1(c2c(Br)ccc(F)c2C)CC1. The van der Waals surface area contributed by atoms with Crippen LogP contribution < -0.4 is 0 Å². The molecule has 1 aromatic carbocycles. The Balaban J connectivity index is 2.62. The van der Waals surface area contributed by atoms with Crippen molar-refractivity contribution in [3.05, 3.63) is 33.5 Å². The number of hydrogen-bond donors (Lipinski definition) is 0. The number of hydrogen-bond acceptors (Lipinski definition) is 1. The summed E-state index contributed by atoms with van der Waals surface area (Å²) in [5.41, 5.74) is 1.03. The molecule has 0 bridgehead atoms. The molecule has 80 valence electrons. The molecule has 1 aromatic rings. The number of rotatable bonds is 2. The first kappa shape index (κ1) is 10.8. The van der Waals surface area contributed by atoms with E-state index < -0.39 is 5.41 Å². The van der Waals surface area contributed by atoms with Gasteiger partial charge in [0.25, 0.3) is 0 Å². The first-order valence-electron chi connectivity index (χ1n) is 4.95. The first-order valence-corrected chi connectivity index (χ1v) is 5.74. The minimum Gasteiger partial charge on any atom is -0.299 e. The summed E-state index contributed by atoms with van der Waals surface area (Å²) in [6.07, 6.45) is 1.68. The Morgan fingerprint density at radius 1 is 1.47 bits per heavy atom. The van der Waals surface area contributed by atoms with Crippen molar-refractivity contribution in [2.45, 2.75) is 32.1 Å². The minimum atomic E-state index is -0.412. The predicted molar refractivity (Wildman–Crippen MR) is 60.4 cm³/mol. The van der Waals surface area contributed by atoms with Gasteiger partial charge in [-0.25, -0.2) is 4.39 Å². The lowest BCUT2D eigenvalue weighted by Gasteiger charge is -2.17. The molecular formula is C12H12BrFO. The van der Waals surface area contributed by atoms with Crippen LogP contribution in [0.25, 0.3) is 0 Å². The molecule has 1 nitrogen and oxygen atoms in total. The third-order valence-corrected chi connectivity index (χ3v) is 3.91. The normalized spacial score (nSPS) is 17.6. The highest BCUT2D eigenvalue weighted by molar-refractivity contribution is 9.10. The van der Waals surface area contributed by atoms with E-state index in [2.05, 4.69) is 15.9 Å². The van der Waals surface area contributed by atoms with Gasteiger partial charge in [-0.05, 0) is 49.9 Å². The molecule has 0 unspecified atom stereocenters. The molecule has 1 saturated carbocycles. The Labute approximate surface area is 96.8 Å². The minimum absolute atomic E-state index is 0.136. The third kappa shape index (κ3) is 1.53. The number of Topliss-reactive ketones (excluding diaryl/α,β-unsaturated/α-hetero) is 1. The first-order chi connectivity index (χ1) is 6.99. The van der Waals surface area contributed by atoms with Crippen molar-refractivity contribution in [3.8, 4) is 0 Å². The molecule has 0 aliphatic heterocycles. The van der Waals surface area contributed by atoms with Crippen molar-refractivity contribution in [1.29, 1.82) is 0 Å². The molecular weight excluding hydrogens is 259 g/mol. The van der Waals surface area contributed by atoms with E-state index in [0.29, 0.717) is 5.56 Å². The monoisotopic (exact) mass is 270 g/mol. The molecule has 0 N–H and O–H groups in total. The van der Waals surface area contributed by atoms with E-state index in [9.17, 15) is 9.18 Å². The summed E-state index contributed by atoms with van der Waals surface area (Å²) in [7, 11) is 0. The second-order valence-corrected chi connectivity index (χ2v) is 5.02. The van der Waals surface area contributed by atoms with E-state index in [1.54, 1.807) is 19.9 Å². The van der Waals surface area contributed by atoms with Crippen molar-refractivity contribution in [2.24, 2.45) is 0 Å². The van der Waals surface area contributed by atoms with Gasteiger partial charge in [0.1, 0.15) is 11.6 Å². The standard InChI is InChI=1S/C12H12BrFO/c1-7-10(14)4-3-9(13)11(7)12(5-6-12)8(2)15/h3-4H,5-6H2,1-2H3. The summed E-state index contributed by atoms with van der Waals surface area (Å²) in [4.78, 5) is 11.6. The molecule has 0 amide bonds. The topological polar surface area (TPSA) is 17.1 Å². The molecule has 1 fully saturated rings. The second-order valence-electron chi connectivity index (χ2n) is 4.17. The van der Waals surface area contributed by atoms with E-state index in [1.807, 2.05) is 0 Å². The summed E-state index contributed by atoms with van der Waals surface area (Å²) in [6.45, 7) is 3.32. The maximum absolute atomic E-state index is 13.4. The van der Waals surface area contributed by atoms with Gasteiger partial charge < -0.3 is 0 Å². The lowest BCUT2D eigenvalue weighted by atomic mass is 9.88. The van der Waals surface area contributed by atoms with Crippen LogP contribution >= 0.6 is 15.9 Å². The number of carbonyl (C=O) groups excluding carboxylic acids is 1. The number of carbonyl (C=O) groups is 1. The maximum atomic E-state index is 13.4. The van der Waals surface area contributed by atoms with Crippen molar-refractivity contribution in [3.63, 3.8) is 0 Å². The lowest BCUT2D eigenvalue weighted by Crippen LogP contribution is -2.19. The van der Waals surface area contributed by atoms with E-state index in [4.69, 9.17) is 0 Å². The van der Waals surface area contributed by atoms with Crippen LogP contribution in [0.1, 0.15) is 30.9 Å². The average Bonchev–Trinajstić information content (AvgIpc) is 2.93. The Kier molecular flexibility index (Phi) is 2.45. The van der Waals surface area contributed by atoms with Crippen LogP contribution in [0.2, 0.25) is 0 Å². The van der Waals surface area contributed by atoms with E-state index >= 15 is 0 Å². The average molecular weight is 271 g/mol. The zero-order valence-corrected chi connectivity index (χ0v) is 10.3. The van der Waals surface area contributed by atoms with Crippen molar-refractivity contribution in [2.75, 3.05) is 0 Å². The van der Waals surface area contributed by atoms with Crippen LogP contribution in [0.3, 0.4) is 0 Å². The fraction of sp³-hybridized carbons (Fsp3) is 0.417. The molecule has 0 aromatic heterocycles. The largest absolute Gasteiger partial charge is 0.299 e. The van der Waals surface area contributed by atoms with Gasteiger partial charge >= 0.3 is 0 Å². The predicted octanol–water partition coefficient (Wildman–Crippen LogP) is 3.52. The van der Waals surface area contributed by atoms with Gasteiger partial charge in [0.05, 0.1) is 5.41 Å². The Bertz CT molecular complexity index is 435. The third-order valence-electron chi connectivity index (χ3n) is 3.25. The molecule has 2 rings (SSSR count). The van der Waals surface area contributed by atoms with E-state index in [0.717, 1.165) is 22.9 Å². The van der Waals surface area contributed by atoms with Gasteiger partial charge in [0.15, 0.2) is 0 Å². The number of benzene rings is 1. The molecule has 0 atom stereocenters. The zero-order valence-electron chi connectivity index (χ0n) is 8.73. The molecule has 1 aliphatic carbocycles. The van der Waals surface area contributed by atoms with E-state index in [1.165, 1.54) is 6.07 Å². The van der Waals surface area contributed by atoms with Crippen molar-refractivity contribution < 1.29 is 9.18 Å². The summed E-state index contributed by atoms with van der Waals surface area (Å²) in [6, 6.07) is 3.11. The van der Waals surface area contributed by atoms with Gasteiger partial charge in [-0.15, -0.1) is 0 Å². The molecule has 0 heterocycles. The second kappa shape index (κ2) is 3.41. The van der Waals surface area contributed by atoms with Gasteiger partial charge in [0.2, 0.25) is 0 Å². The fourth-order valence-corrected chi connectivity index (χ4v) is 2.95.